The molecular weight excluding hydrogens is 280 g/mol. The van der Waals surface area contributed by atoms with Crippen LogP contribution in [0.2, 0.25) is 0 Å². The van der Waals surface area contributed by atoms with Gasteiger partial charge in [-0.05, 0) is 24.3 Å². The highest BCUT2D eigenvalue weighted by Crippen LogP contribution is 2.12. The van der Waals surface area contributed by atoms with E-state index in [-0.39, 0.29) is 25.2 Å². The van der Waals surface area contributed by atoms with Crippen molar-refractivity contribution >= 4 is 17.8 Å². The number of hydrogen-bond donors (Lipinski definition) is 4. The fourth-order valence-corrected chi connectivity index (χ4v) is 1.49. The van der Waals surface area contributed by atoms with Gasteiger partial charge in [0.2, 0.25) is 0 Å². The van der Waals surface area contributed by atoms with Crippen molar-refractivity contribution in [2.45, 2.75) is 12.5 Å². The molecule has 0 aromatic heterocycles. The molecule has 8 nitrogen and oxygen atoms in total. The van der Waals surface area contributed by atoms with Crippen molar-refractivity contribution in [3.05, 3.63) is 29.8 Å². The number of aliphatic hydroxyl groups excluding tert-OH is 1. The van der Waals surface area contributed by atoms with Crippen LogP contribution in [0.5, 0.6) is 5.75 Å². The van der Waals surface area contributed by atoms with Gasteiger partial charge in [0.1, 0.15) is 11.8 Å². The van der Waals surface area contributed by atoms with Gasteiger partial charge in [-0.25, -0.2) is 4.79 Å². The molecule has 0 saturated carbocycles. The van der Waals surface area contributed by atoms with E-state index in [2.05, 4.69) is 5.32 Å². The van der Waals surface area contributed by atoms with Crippen LogP contribution < -0.4 is 15.8 Å². The molecule has 21 heavy (non-hydrogen) atoms. The number of rotatable bonds is 8. The van der Waals surface area contributed by atoms with Crippen LogP contribution in [0, 0.1) is 0 Å². The standard InChI is InChI=1S/C13H16N2O6/c14-11(17)7-21-9-3-1-8(2-4-9)12(18)15-10(5-6-16)13(19)20/h1-4,10,16H,5-7H2,(H2,14,17)(H,15,18)(H,19,20). The summed E-state index contributed by atoms with van der Waals surface area (Å²) in [5.74, 6) is -2.07. The molecule has 8 heteroatoms. The van der Waals surface area contributed by atoms with Crippen LogP contribution in [0.4, 0.5) is 0 Å². The highest BCUT2D eigenvalue weighted by Gasteiger charge is 2.19. The van der Waals surface area contributed by atoms with Crippen molar-refractivity contribution in [2.75, 3.05) is 13.2 Å². The van der Waals surface area contributed by atoms with E-state index in [0.717, 1.165) is 0 Å². The number of benzene rings is 1. The molecular formula is C13H16N2O6. The minimum Gasteiger partial charge on any atom is -0.484 e. The maximum Gasteiger partial charge on any atom is 0.326 e. The van der Waals surface area contributed by atoms with Crippen molar-refractivity contribution in [2.24, 2.45) is 5.73 Å². The first-order valence-corrected chi connectivity index (χ1v) is 6.09. The Labute approximate surface area is 120 Å². The number of nitrogens with two attached hydrogens (primary N) is 1. The zero-order chi connectivity index (χ0) is 15.8. The average Bonchev–Trinajstić information content (AvgIpc) is 2.45. The van der Waals surface area contributed by atoms with Crippen LogP contribution in [-0.2, 0) is 9.59 Å². The molecule has 0 saturated heterocycles. The summed E-state index contributed by atoms with van der Waals surface area (Å²) in [6.07, 6.45) is -0.0825. The normalized spacial score (nSPS) is 11.5. The number of carbonyl (C=O) groups excluding carboxylic acids is 2. The molecule has 1 unspecified atom stereocenters. The molecule has 1 atom stereocenters. The minimum atomic E-state index is -1.22. The van der Waals surface area contributed by atoms with Gasteiger partial charge in [0.25, 0.3) is 11.8 Å². The fraction of sp³-hybridized carbons (Fsp3) is 0.308. The summed E-state index contributed by atoms with van der Waals surface area (Å²) in [5.41, 5.74) is 5.15. The third-order valence-corrected chi connectivity index (χ3v) is 2.52. The Hall–Kier alpha value is -2.61. The number of carboxylic acids is 1. The van der Waals surface area contributed by atoms with E-state index in [1.54, 1.807) is 0 Å². The van der Waals surface area contributed by atoms with Gasteiger partial charge >= 0.3 is 5.97 Å². The van der Waals surface area contributed by atoms with Crippen LogP contribution in [0.3, 0.4) is 0 Å². The zero-order valence-electron chi connectivity index (χ0n) is 11.1. The van der Waals surface area contributed by atoms with Gasteiger partial charge in [-0.3, -0.25) is 9.59 Å². The summed E-state index contributed by atoms with van der Waals surface area (Å²) in [4.78, 5) is 33.3. The van der Waals surface area contributed by atoms with E-state index in [9.17, 15) is 14.4 Å². The van der Waals surface area contributed by atoms with Crippen molar-refractivity contribution in [3.8, 4) is 5.75 Å². The molecule has 114 valence electrons. The molecule has 0 spiro atoms. The Morgan fingerprint density at radius 3 is 2.33 bits per heavy atom. The van der Waals surface area contributed by atoms with Gasteiger partial charge < -0.3 is 26.0 Å². The SMILES string of the molecule is NC(=O)COc1ccc(C(=O)NC(CCO)C(=O)O)cc1. The lowest BCUT2D eigenvalue weighted by Crippen LogP contribution is -2.41. The van der Waals surface area contributed by atoms with Gasteiger partial charge in [-0.2, -0.15) is 0 Å². The lowest BCUT2D eigenvalue weighted by Gasteiger charge is -2.13. The van der Waals surface area contributed by atoms with Crippen LogP contribution in [0.25, 0.3) is 0 Å². The average molecular weight is 296 g/mol. The summed E-state index contributed by atoms with van der Waals surface area (Å²) in [5, 5.41) is 19.9. The number of nitrogens with one attached hydrogen (secondary N) is 1. The Balaban J connectivity index is 2.65. The highest BCUT2D eigenvalue weighted by molar-refractivity contribution is 5.96. The molecule has 1 aromatic rings. The van der Waals surface area contributed by atoms with E-state index in [1.165, 1.54) is 24.3 Å². The summed E-state index contributed by atoms with van der Waals surface area (Å²) in [7, 11) is 0. The molecule has 0 aliphatic carbocycles. The molecule has 0 aliphatic heterocycles. The minimum absolute atomic E-state index is 0.0825. The highest BCUT2D eigenvalue weighted by atomic mass is 16.5. The number of carboxylic acid groups (broad SMARTS) is 1. The first kappa shape index (κ1) is 16.4. The number of hydrogen-bond acceptors (Lipinski definition) is 5. The lowest BCUT2D eigenvalue weighted by atomic mass is 10.1. The number of primary amides is 1. The van der Waals surface area contributed by atoms with Gasteiger partial charge in [0.15, 0.2) is 6.61 Å². The molecule has 2 amide bonds. The maximum absolute atomic E-state index is 11.8. The van der Waals surface area contributed by atoms with E-state index in [4.69, 9.17) is 20.7 Å². The fourth-order valence-electron chi connectivity index (χ4n) is 1.49. The van der Waals surface area contributed by atoms with Gasteiger partial charge in [-0.15, -0.1) is 0 Å². The number of aliphatic carboxylic acids is 1. The van der Waals surface area contributed by atoms with E-state index < -0.39 is 23.8 Å². The van der Waals surface area contributed by atoms with Crippen molar-refractivity contribution in [1.82, 2.24) is 5.32 Å². The Morgan fingerprint density at radius 1 is 1.24 bits per heavy atom. The third-order valence-electron chi connectivity index (χ3n) is 2.52. The lowest BCUT2D eigenvalue weighted by molar-refractivity contribution is -0.139. The van der Waals surface area contributed by atoms with Gasteiger partial charge in [-0.1, -0.05) is 0 Å². The largest absolute Gasteiger partial charge is 0.484 e. The predicted octanol–water partition coefficient (Wildman–Crippen LogP) is -0.884. The predicted molar refractivity (Wildman–Crippen MR) is 71.7 cm³/mol. The summed E-state index contributed by atoms with van der Waals surface area (Å²) in [6.45, 7) is -0.625. The second-order valence-electron chi connectivity index (χ2n) is 4.16. The Kier molecular flexibility index (Phi) is 6.15. The molecule has 5 N–H and O–H groups in total. The molecule has 0 bridgehead atoms. The second kappa shape index (κ2) is 7.85. The first-order valence-electron chi connectivity index (χ1n) is 6.09. The summed E-state index contributed by atoms with van der Waals surface area (Å²) in [6, 6.07) is 4.60. The van der Waals surface area contributed by atoms with E-state index >= 15 is 0 Å². The van der Waals surface area contributed by atoms with Gasteiger partial charge in [0.05, 0.1) is 0 Å². The van der Waals surface area contributed by atoms with Crippen LogP contribution in [0.1, 0.15) is 16.8 Å². The zero-order valence-corrected chi connectivity index (χ0v) is 11.1. The maximum atomic E-state index is 11.8. The Morgan fingerprint density at radius 2 is 1.86 bits per heavy atom. The number of carbonyl (C=O) groups is 3. The molecule has 0 radical (unpaired) electrons. The van der Waals surface area contributed by atoms with E-state index in [1.807, 2.05) is 0 Å². The molecule has 0 aliphatic rings. The number of aliphatic hydroxyl groups is 1. The van der Waals surface area contributed by atoms with E-state index in [0.29, 0.717) is 5.75 Å². The summed E-state index contributed by atoms with van der Waals surface area (Å²) >= 11 is 0. The van der Waals surface area contributed by atoms with Crippen molar-refractivity contribution in [1.29, 1.82) is 0 Å². The molecule has 0 fully saturated rings. The van der Waals surface area contributed by atoms with Crippen LogP contribution >= 0.6 is 0 Å². The number of ether oxygens (including phenoxy) is 1. The molecule has 1 aromatic carbocycles. The first-order chi connectivity index (χ1) is 9.93. The monoisotopic (exact) mass is 296 g/mol. The van der Waals surface area contributed by atoms with Crippen LogP contribution in [-0.4, -0.2) is 47.3 Å². The molecule has 0 heterocycles. The third kappa shape index (κ3) is 5.49. The topological polar surface area (TPSA) is 139 Å². The van der Waals surface area contributed by atoms with Gasteiger partial charge in [0, 0.05) is 18.6 Å². The Bertz CT molecular complexity index is 514. The van der Waals surface area contributed by atoms with Crippen LogP contribution in [0.15, 0.2) is 24.3 Å². The second-order valence-corrected chi connectivity index (χ2v) is 4.16. The number of amides is 2. The smallest absolute Gasteiger partial charge is 0.326 e. The van der Waals surface area contributed by atoms with Crippen molar-refractivity contribution < 1.29 is 29.3 Å². The quantitative estimate of drug-likeness (QED) is 0.491. The summed E-state index contributed by atoms with van der Waals surface area (Å²) < 4.78 is 5.03. The van der Waals surface area contributed by atoms with Crippen molar-refractivity contribution in [3.63, 3.8) is 0 Å². The molecule has 1 rings (SSSR count).